The molecule has 2 aromatic rings. The quantitative estimate of drug-likeness (QED) is 0.415. The van der Waals surface area contributed by atoms with Crippen LogP contribution in [-0.4, -0.2) is 27.3 Å². The summed E-state index contributed by atoms with van der Waals surface area (Å²) < 4.78 is 5.10. The molecular weight excluding hydrogens is 482 g/mol. The van der Waals surface area contributed by atoms with Crippen LogP contribution in [0.5, 0.6) is 5.75 Å². The third-order valence-electron chi connectivity index (χ3n) is 8.57. The van der Waals surface area contributed by atoms with Crippen molar-refractivity contribution in [1.29, 1.82) is 0 Å². The number of thiazole rings is 1. The molecule has 2 saturated carbocycles. The monoisotopic (exact) mass is 513 g/mol. The summed E-state index contributed by atoms with van der Waals surface area (Å²) in [6.07, 6.45) is 0.838. The number of hydrogen-bond acceptors (Lipinski definition) is 7. The number of hydrogen-bond donors (Lipinski definition) is 2. The first-order valence-electron chi connectivity index (χ1n) is 12.3. The standard InChI is InChI=1S/C27H31NO5S2/c1-26(2,3)13-7-10(8-14(19(13)29)27(4,5)6)15-16-11-9-12(18-17(11)23(30)33-24(18)31)20(16)34-22-21(15)35-25(32)28-22/h7-8,11-12,15-18,20,29H,9H2,1-6H3,(H,28,32). The summed E-state index contributed by atoms with van der Waals surface area (Å²) in [6, 6.07) is 4.22. The zero-order chi connectivity index (χ0) is 25.2. The molecule has 7 atom stereocenters. The molecule has 6 nitrogen and oxygen atoms in total. The highest BCUT2D eigenvalue weighted by atomic mass is 32.2. The van der Waals surface area contributed by atoms with Crippen molar-refractivity contribution >= 4 is 35.0 Å². The van der Waals surface area contributed by atoms with E-state index in [1.807, 2.05) is 0 Å². The molecule has 0 amide bonds. The Balaban J connectivity index is 1.57. The first kappa shape index (κ1) is 23.3. The van der Waals surface area contributed by atoms with E-state index in [-0.39, 0.29) is 68.4 Å². The van der Waals surface area contributed by atoms with Gasteiger partial charge in [-0.2, -0.15) is 0 Å². The molecule has 35 heavy (non-hydrogen) atoms. The molecule has 6 rings (SSSR count). The normalized spacial score (nSPS) is 33.5. The van der Waals surface area contributed by atoms with Crippen molar-refractivity contribution < 1.29 is 19.4 Å². The Morgan fingerprint density at radius 2 is 1.51 bits per heavy atom. The van der Waals surface area contributed by atoms with Gasteiger partial charge in [-0.1, -0.05) is 65.0 Å². The van der Waals surface area contributed by atoms with Crippen LogP contribution in [0.15, 0.2) is 22.0 Å². The summed E-state index contributed by atoms with van der Waals surface area (Å²) in [5.74, 6) is -1.01. The lowest BCUT2D eigenvalue weighted by Gasteiger charge is -2.43. The molecule has 4 aliphatic rings. The maximum atomic E-state index is 12.7. The third-order valence-corrected chi connectivity index (χ3v) is 11.2. The second-order valence-corrected chi connectivity index (χ2v) is 14.9. The second kappa shape index (κ2) is 7.25. The number of thioether (sulfide) groups is 1. The summed E-state index contributed by atoms with van der Waals surface area (Å²) in [6.45, 7) is 12.6. The summed E-state index contributed by atoms with van der Waals surface area (Å²) in [4.78, 5) is 41.7. The Morgan fingerprint density at radius 1 is 0.943 bits per heavy atom. The number of aromatic hydroxyl groups is 1. The van der Waals surface area contributed by atoms with Crippen LogP contribution >= 0.6 is 23.1 Å². The number of nitrogens with one attached hydrogen (secondary N) is 1. The number of carbonyl (C=O) groups is 2. The minimum absolute atomic E-state index is 0.0433. The Morgan fingerprint density at radius 3 is 2.09 bits per heavy atom. The molecule has 0 radical (unpaired) electrons. The highest BCUT2D eigenvalue weighted by Gasteiger charge is 2.69. The Labute approximate surface area is 212 Å². The summed E-state index contributed by atoms with van der Waals surface area (Å²) in [7, 11) is 0. The molecule has 8 heteroatoms. The van der Waals surface area contributed by atoms with Crippen molar-refractivity contribution in [2.75, 3.05) is 0 Å². The molecule has 2 aliphatic heterocycles. The van der Waals surface area contributed by atoms with Gasteiger partial charge in [0.25, 0.3) is 0 Å². The van der Waals surface area contributed by atoms with E-state index in [0.29, 0.717) is 5.75 Å². The number of benzene rings is 1. The predicted molar refractivity (Wildman–Crippen MR) is 135 cm³/mol. The van der Waals surface area contributed by atoms with Crippen molar-refractivity contribution in [2.24, 2.45) is 29.6 Å². The summed E-state index contributed by atoms with van der Waals surface area (Å²) in [5.41, 5.74) is 2.29. The van der Waals surface area contributed by atoms with Gasteiger partial charge in [0.2, 0.25) is 0 Å². The van der Waals surface area contributed by atoms with E-state index in [0.717, 1.165) is 33.0 Å². The average molecular weight is 514 g/mol. The number of cyclic esters (lactones) is 2. The number of ether oxygens (including phenoxy) is 1. The van der Waals surface area contributed by atoms with Gasteiger partial charge in [0, 0.05) is 16.0 Å². The van der Waals surface area contributed by atoms with Crippen LogP contribution in [0.4, 0.5) is 0 Å². The highest BCUT2D eigenvalue weighted by molar-refractivity contribution is 8.00. The number of aromatic nitrogens is 1. The maximum absolute atomic E-state index is 12.7. The lowest BCUT2D eigenvalue weighted by atomic mass is 9.67. The molecule has 2 bridgehead atoms. The van der Waals surface area contributed by atoms with Gasteiger partial charge in [0.05, 0.1) is 16.9 Å². The van der Waals surface area contributed by atoms with Crippen LogP contribution in [-0.2, 0) is 25.2 Å². The maximum Gasteiger partial charge on any atom is 0.317 e. The SMILES string of the molecule is CC(C)(C)c1cc(C2c3sc(=O)[nH]c3SC3C4CC(C5C(=O)OC(=O)C45)C23)cc(C(C)(C)C)c1O. The molecule has 3 fully saturated rings. The van der Waals surface area contributed by atoms with E-state index < -0.39 is 0 Å². The Bertz CT molecular complexity index is 1290. The van der Waals surface area contributed by atoms with E-state index in [2.05, 4.69) is 58.7 Å². The van der Waals surface area contributed by atoms with Crippen LogP contribution in [0.25, 0.3) is 0 Å². The first-order valence-corrected chi connectivity index (χ1v) is 14.0. The third kappa shape index (κ3) is 3.24. The largest absolute Gasteiger partial charge is 0.507 e. The lowest BCUT2D eigenvalue weighted by Crippen LogP contribution is -2.42. The number of fused-ring (bicyclic) bond motifs is 9. The molecule has 186 valence electrons. The zero-order valence-corrected chi connectivity index (χ0v) is 22.4. The topological polar surface area (TPSA) is 96.5 Å². The van der Waals surface area contributed by atoms with Crippen molar-refractivity contribution in [3.05, 3.63) is 43.4 Å². The molecule has 7 unspecified atom stereocenters. The number of rotatable bonds is 1. The van der Waals surface area contributed by atoms with Crippen LogP contribution in [0.1, 0.15) is 75.4 Å². The number of aromatic amines is 1. The molecule has 1 aromatic heterocycles. The highest BCUT2D eigenvalue weighted by Crippen LogP contribution is 2.68. The van der Waals surface area contributed by atoms with Crippen molar-refractivity contribution in [3.8, 4) is 5.75 Å². The van der Waals surface area contributed by atoms with Gasteiger partial charge in [0.15, 0.2) is 0 Å². The minimum atomic E-state index is -0.379. The van der Waals surface area contributed by atoms with E-state index >= 15 is 0 Å². The van der Waals surface area contributed by atoms with Gasteiger partial charge >= 0.3 is 16.8 Å². The van der Waals surface area contributed by atoms with Crippen LogP contribution in [0.3, 0.4) is 0 Å². The molecular formula is C27H31NO5S2. The number of carbonyl (C=O) groups excluding carboxylic acids is 2. The zero-order valence-electron chi connectivity index (χ0n) is 20.8. The van der Waals surface area contributed by atoms with E-state index in [4.69, 9.17) is 4.74 Å². The van der Waals surface area contributed by atoms with Crippen LogP contribution < -0.4 is 4.87 Å². The van der Waals surface area contributed by atoms with Gasteiger partial charge < -0.3 is 14.8 Å². The Kier molecular flexibility index (Phi) is 4.84. The molecule has 1 saturated heterocycles. The van der Waals surface area contributed by atoms with E-state index in [9.17, 15) is 19.5 Å². The van der Waals surface area contributed by atoms with Gasteiger partial charge in [-0.05, 0) is 51.7 Å². The number of esters is 2. The number of H-pyrrole nitrogens is 1. The number of phenolic OH excluding ortho intramolecular Hbond substituents is 1. The van der Waals surface area contributed by atoms with Crippen molar-refractivity contribution in [1.82, 2.24) is 4.98 Å². The van der Waals surface area contributed by atoms with Crippen LogP contribution in [0, 0.1) is 29.6 Å². The molecule has 1 aromatic carbocycles. The van der Waals surface area contributed by atoms with E-state index in [1.54, 1.807) is 11.8 Å². The molecule has 0 spiro atoms. The number of phenols is 1. The molecule has 2 aliphatic carbocycles. The van der Waals surface area contributed by atoms with Gasteiger partial charge in [-0.15, -0.1) is 11.8 Å². The van der Waals surface area contributed by atoms with E-state index in [1.165, 1.54) is 11.3 Å². The summed E-state index contributed by atoms with van der Waals surface area (Å²) >= 11 is 2.92. The molecule has 2 N–H and O–H groups in total. The lowest BCUT2D eigenvalue weighted by molar-refractivity contribution is -0.154. The fourth-order valence-corrected chi connectivity index (χ4v) is 10.1. The van der Waals surface area contributed by atoms with Crippen molar-refractivity contribution in [3.63, 3.8) is 0 Å². The first-order chi connectivity index (χ1) is 16.3. The van der Waals surface area contributed by atoms with Gasteiger partial charge in [-0.3, -0.25) is 14.4 Å². The van der Waals surface area contributed by atoms with Gasteiger partial charge in [0.1, 0.15) is 5.75 Å². The second-order valence-electron chi connectivity index (χ2n) is 12.7. The fraction of sp³-hybridized carbons (Fsp3) is 0.593. The predicted octanol–water partition coefficient (Wildman–Crippen LogP) is 4.92. The smallest absolute Gasteiger partial charge is 0.317 e. The molecule has 3 heterocycles. The minimum Gasteiger partial charge on any atom is -0.507 e. The van der Waals surface area contributed by atoms with Crippen molar-refractivity contribution in [2.45, 2.75) is 75.0 Å². The fourth-order valence-electron chi connectivity index (χ4n) is 7.17. The van der Waals surface area contributed by atoms with Crippen LogP contribution in [0.2, 0.25) is 0 Å². The average Bonchev–Trinajstić information content (AvgIpc) is 3.46. The summed E-state index contributed by atoms with van der Waals surface area (Å²) in [5, 5.41) is 12.3. The van der Waals surface area contributed by atoms with Gasteiger partial charge in [-0.25, -0.2) is 0 Å². The Hall–Kier alpha value is -2.06.